The summed E-state index contributed by atoms with van der Waals surface area (Å²) in [6, 6.07) is 4.87. The summed E-state index contributed by atoms with van der Waals surface area (Å²) in [5.41, 5.74) is 1.30. The lowest BCUT2D eigenvalue weighted by Gasteiger charge is -2.37. The maximum absolute atomic E-state index is 14.0. The van der Waals surface area contributed by atoms with E-state index in [4.69, 9.17) is 9.47 Å². The van der Waals surface area contributed by atoms with Gasteiger partial charge < -0.3 is 24.8 Å². The van der Waals surface area contributed by atoms with Crippen LogP contribution in [0, 0.1) is 11.6 Å². The highest BCUT2D eigenvalue weighted by Crippen LogP contribution is 2.40. The Bertz CT molecular complexity index is 983. The number of urea groups is 1. The molecule has 1 aliphatic heterocycles. The fourth-order valence-electron chi connectivity index (χ4n) is 3.65. The lowest BCUT2D eigenvalue weighted by Crippen LogP contribution is -2.43. The average molecular weight is 434 g/mol. The van der Waals surface area contributed by atoms with E-state index in [2.05, 4.69) is 5.32 Å². The van der Waals surface area contributed by atoms with E-state index in [1.54, 1.807) is 6.07 Å². The topological polar surface area (TPSA) is 88.1 Å². The Morgan fingerprint density at radius 3 is 2.42 bits per heavy atom. The number of halogens is 2. The van der Waals surface area contributed by atoms with Gasteiger partial charge in [0.2, 0.25) is 0 Å². The summed E-state index contributed by atoms with van der Waals surface area (Å²) in [5, 5.41) is 11.9. The van der Waals surface area contributed by atoms with Crippen molar-refractivity contribution in [2.75, 3.05) is 25.1 Å². The molecule has 2 N–H and O–H groups in total. The number of carbonyl (C=O) groups is 2. The van der Waals surface area contributed by atoms with Crippen molar-refractivity contribution in [3.8, 4) is 11.5 Å². The summed E-state index contributed by atoms with van der Waals surface area (Å²) < 4.78 is 38.4. The number of nitrogens with zero attached hydrogens (tertiary/aromatic N) is 1. The molecule has 1 atom stereocenters. The zero-order valence-electron chi connectivity index (χ0n) is 17.3. The van der Waals surface area contributed by atoms with E-state index in [1.165, 1.54) is 4.90 Å². The van der Waals surface area contributed by atoms with Crippen LogP contribution in [-0.4, -0.2) is 41.8 Å². The molecule has 7 nitrogen and oxygen atoms in total. The van der Waals surface area contributed by atoms with Gasteiger partial charge >= 0.3 is 12.0 Å². The van der Waals surface area contributed by atoms with E-state index in [1.807, 2.05) is 19.9 Å². The number of carboxylic acid groups (broad SMARTS) is 1. The molecule has 0 aromatic heterocycles. The van der Waals surface area contributed by atoms with Gasteiger partial charge in [-0.25, -0.2) is 13.6 Å². The minimum atomic E-state index is -1.09. The number of carboxylic acids is 1. The summed E-state index contributed by atoms with van der Waals surface area (Å²) in [6.07, 6.45) is 0.114. The highest BCUT2D eigenvalue weighted by Gasteiger charge is 2.34. The first-order chi connectivity index (χ1) is 14.8. The van der Waals surface area contributed by atoms with Gasteiger partial charge in [0, 0.05) is 12.6 Å². The zero-order valence-corrected chi connectivity index (χ0v) is 17.3. The molecular weight excluding hydrogens is 410 g/mol. The minimum Gasteiger partial charge on any atom is -0.490 e. The van der Waals surface area contributed by atoms with Crippen molar-refractivity contribution in [2.45, 2.75) is 32.7 Å². The highest BCUT2D eigenvalue weighted by atomic mass is 19.1. The lowest BCUT2D eigenvalue weighted by atomic mass is 9.90. The first-order valence-electron chi connectivity index (χ1n) is 10.0. The number of hydrogen-bond donors (Lipinski definition) is 2. The van der Waals surface area contributed by atoms with Crippen LogP contribution in [0.15, 0.2) is 30.3 Å². The average Bonchev–Trinajstić information content (AvgIpc) is 2.71. The maximum atomic E-state index is 14.0. The monoisotopic (exact) mass is 434 g/mol. The van der Waals surface area contributed by atoms with E-state index < -0.39 is 29.7 Å². The molecule has 9 heteroatoms. The molecule has 1 aliphatic rings. The van der Waals surface area contributed by atoms with Gasteiger partial charge in [0.25, 0.3) is 0 Å². The van der Waals surface area contributed by atoms with Crippen molar-refractivity contribution in [3.63, 3.8) is 0 Å². The van der Waals surface area contributed by atoms with E-state index in [9.17, 15) is 23.5 Å². The number of fused-ring (bicyclic) bond motifs is 1. The molecule has 0 aliphatic carbocycles. The molecule has 0 saturated carbocycles. The molecule has 0 unspecified atom stereocenters. The van der Waals surface area contributed by atoms with Crippen LogP contribution in [-0.2, 0) is 11.2 Å². The van der Waals surface area contributed by atoms with E-state index in [-0.39, 0.29) is 18.7 Å². The number of anilines is 1. The number of rotatable bonds is 7. The van der Waals surface area contributed by atoms with Crippen LogP contribution in [0.1, 0.15) is 37.4 Å². The third kappa shape index (κ3) is 5.04. The zero-order chi connectivity index (χ0) is 22.5. The first kappa shape index (κ1) is 22.3. The number of aliphatic carboxylic acids is 1. The van der Waals surface area contributed by atoms with E-state index in [0.29, 0.717) is 42.8 Å². The molecule has 2 aromatic carbocycles. The Hall–Kier alpha value is -3.36. The Labute approximate surface area is 178 Å². The smallest absolute Gasteiger partial charge is 0.322 e. The largest absolute Gasteiger partial charge is 0.490 e. The molecule has 0 spiro atoms. The summed E-state index contributed by atoms with van der Waals surface area (Å²) >= 11 is 0. The van der Waals surface area contributed by atoms with Gasteiger partial charge in [-0.15, -0.1) is 0 Å². The SMILES string of the molecule is CCOc1cc2c(cc1OCC)[C@@H](CC(=O)O)N(C(=O)Nc1ccc(F)cc1F)CC2. The highest BCUT2D eigenvalue weighted by molar-refractivity contribution is 5.90. The van der Waals surface area contributed by atoms with Crippen molar-refractivity contribution in [2.24, 2.45) is 0 Å². The molecule has 0 fully saturated rings. The van der Waals surface area contributed by atoms with Gasteiger partial charge in [-0.2, -0.15) is 0 Å². The van der Waals surface area contributed by atoms with E-state index >= 15 is 0 Å². The number of nitrogens with one attached hydrogen (secondary N) is 1. The molecule has 0 saturated heterocycles. The molecule has 3 rings (SSSR count). The summed E-state index contributed by atoms with van der Waals surface area (Å²) in [7, 11) is 0. The predicted octanol–water partition coefficient (Wildman–Crippen LogP) is 4.37. The van der Waals surface area contributed by atoms with Crippen LogP contribution in [0.2, 0.25) is 0 Å². The van der Waals surface area contributed by atoms with Gasteiger partial charge in [-0.05, 0) is 55.7 Å². The van der Waals surface area contributed by atoms with Gasteiger partial charge in [0.15, 0.2) is 11.5 Å². The molecular formula is C22H24F2N2O5. The van der Waals surface area contributed by atoms with Gasteiger partial charge in [0.05, 0.1) is 31.4 Å². The van der Waals surface area contributed by atoms with Crippen LogP contribution in [0.25, 0.3) is 0 Å². The predicted molar refractivity (Wildman–Crippen MR) is 110 cm³/mol. The first-order valence-corrected chi connectivity index (χ1v) is 10.0. The molecule has 2 amide bonds. The second kappa shape index (κ2) is 9.63. The van der Waals surface area contributed by atoms with Crippen molar-refractivity contribution in [3.05, 3.63) is 53.1 Å². The lowest BCUT2D eigenvalue weighted by molar-refractivity contribution is -0.138. The summed E-state index contributed by atoms with van der Waals surface area (Å²) in [4.78, 5) is 25.8. The van der Waals surface area contributed by atoms with Gasteiger partial charge in [-0.1, -0.05) is 0 Å². The van der Waals surface area contributed by atoms with Crippen molar-refractivity contribution >= 4 is 17.7 Å². The molecule has 0 bridgehead atoms. The second-order valence-corrected chi connectivity index (χ2v) is 6.98. The summed E-state index contributed by atoms with van der Waals surface area (Å²) in [5.74, 6) is -1.75. The Balaban J connectivity index is 1.95. The molecule has 166 valence electrons. The number of hydrogen-bond acceptors (Lipinski definition) is 4. The number of amides is 2. The van der Waals surface area contributed by atoms with Crippen LogP contribution >= 0.6 is 0 Å². The van der Waals surface area contributed by atoms with Crippen LogP contribution < -0.4 is 14.8 Å². The molecule has 31 heavy (non-hydrogen) atoms. The maximum Gasteiger partial charge on any atom is 0.322 e. The summed E-state index contributed by atoms with van der Waals surface area (Å²) in [6.45, 7) is 4.72. The van der Waals surface area contributed by atoms with Crippen LogP contribution in [0.3, 0.4) is 0 Å². The second-order valence-electron chi connectivity index (χ2n) is 6.98. The quantitative estimate of drug-likeness (QED) is 0.676. The normalized spacial score (nSPS) is 15.2. The molecule has 1 heterocycles. The van der Waals surface area contributed by atoms with Crippen LogP contribution in [0.5, 0.6) is 11.5 Å². The number of carbonyl (C=O) groups excluding carboxylic acids is 1. The number of benzene rings is 2. The number of ether oxygens (including phenoxy) is 2. The Morgan fingerprint density at radius 1 is 1.13 bits per heavy atom. The molecule has 0 radical (unpaired) electrons. The molecule has 2 aromatic rings. The van der Waals surface area contributed by atoms with Crippen molar-refractivity contribution in [1.29, 1.82) is 0 Å². The third-order valence-corrected chi connectivity index (χ3v) is 4.96. The minimum absolute atomic E-state index is 0.187. The third-order valence-electron chi connectivity index (χ3n) is 4.96. The van der Waals surface area contributed by atoms with Gasteiger partial charge in [0.1, 0.15) is 11.6 Å². The Kier molecular flexibility index (Phi) is 6.94. The van der Waals surface area contributed by atoms with Crippen LogP contribution in [0.4, 0.5) is 19.3 Å². The van der Waals surface area contributed by atoms with Gasteiger partial charge in [-0.3, -0.25) is 4.79 Å². The Morgan fingerprint density at radius 2 is 1.81 bits per heavy atom. The standard InChI is InChI=1S/C22H24F2N2O5/c1-3-30-19-9-13-7-8-26(22(29)25-17-6-5-14(23)10-16(17)24)18(12-21(27)28)15(13)11-20(19)31-4-2/h5-6,9-11,18H,3-4,7-8,12H2,1-2H3,(H,25,29)(H,27,28)/t18-/m1/s1. The van der Waals surface area contributed by atoms with E-state index in [0.717, 1.165) is 17.7 Å². The van der Waals surface area contributed by atoms with Crippen molar-refractivity contribution < 1.29 is 33.0 Å². The fraction of sp³-hybridized carbons (Fsp3) is 0.364. The fourth-order valence-corrected chi connectivity index (χ4v) is 3.65. The van der Waals surface area contributed by atoms with Crippen molar-refractivity contribution in [1.82, 2.24) is 4.90 Å².